The summed E-state index contributed by atoms with van der Waals surface area (Å²) in [6.45, 7) is 6.52. The van der Waals surface area contributed by atoms with Gasteiger partial charge in [-0.2, -0.15) is 5.10 Å². The van der Waals surface area contributed by atoms with Gasteiger partial charge < -0.3 is 0 Å². The van der Waals surface area contributed by atoms with Crippen molar-refractivity contribution in [2.75, 3.05) is 0 Å². The molecule has 0 aromatic carbocycles. The van der Waals surface area contributed by atoms with Crippen molar-refractivity contribution in [2.45, 2.75) is 65.0 Å². The molecule has 5 heteroatoms. The molecular weight excluding hydrogens is 272 g/mol. The first-order valence-corrected chi connectivity index (χ1v) is 8.15. The Morgan fingerprint density at radius 1 is 1.50 bits per heavy atom. The molecule has 0 bridgehead atoms. The lowest BCUT2D eigenvalue weighted by Crippen LogP contribution is -2.37. The van der Waals surface area contributed by atoms with Crippen LogP contribution in [0.25, 0.3) is 0 Å². The van der Waals surface area contributed by atoms with Crippen molar-refractivity contribution in [3.8, 4) is 0 Å². The largest absolute Gasteiger partial charge is 0.271 e. The van der Waals surface area contributed by atoms with Gasteiger partial charge in [0.2, 0.25) is 0 Å². The Bertz CT molecular complexity index is 430. The van der Waals surface area contributed by atoms with Gasteiger partial charge in [-0.05, 0) is 38.5 Å². The quantitative estimate of drug-likeness (QED) is 0.641. The van der Waals surface area contributed by atoms with Crippen LogP contribution in [0.3, 0.4) is 0 Å². The molecule has 3 unspecified atom stereocenters. The van der Waals surface area contributed by atoms with E-state index in [1.54, 1.807) is 6.20 Å². The molecule has 1 aliphatic rings. The van der Waals surface area contributed by atoms with E-state index >= 15 is 0 Å². The van der Waals surface area contributed by atoms with E-state index < -0.39 is 0 Å². The van der Waals surface area contributed by atoms with E-state index in [1.165, 1.54) is 32.1 Å². The molecular formula is C15H27ClN4. The molecule has 0 aliphatic heterocycles. The Morgan fingerprint density at radius 2 is 2.25 bits per heavy atom. The normalized spacial score (nSPS) is 25.1. The van der Waals surface area contributed by atoms with Gasteiger partial charge in [-0.25, -0.2) is 0 Å². The summed E-state index contributed by atoms with van der Waals surface area (Å²) in [5, 5.41) is 5.13. The van der Waals surface area contributed by atoms with Gasteiger partial charge in [0.15, 0.2) is 0 Å². The number of halogens is 1. The smallest absolute Gasteiger partial charge is 0.0834 e. The van der Waals surface area contributed by atoms with E-state index in [2.05, 4.69) is 31.3 Å². The van der Waals surface area contributed by atoms with Crippen LogP contribution in [-0.2, 0) is 0 Å². The number of nitrogens with two attached hydrogens (primary N) is 1. The first kappa shape index (κ1) is 15.8. The molecule has 3 atom stereocenters. The van der Waals surface area contributed by atoms with Gasteiger partial charge in [0.25, 0.3) is 0 Å². The first-order chi connectivity index (χ1) is 9.58. The van der Waals surface area contributed by atoms with Gasteiger partial charge in [0, 0.05) is 6.04 Å². The van der Waals surface area contributed by atoms with Crippen molar-refractivity contribution in [1.29, 1.82) is 0 Å². The number of aromatic nitrogens is 2. The number of nitrogens with zero attached hydrogens (tertiary/aromatic N) is 2. The summed E-state index contributed by atoms with van der Waals surface area (Å²) in [6.07, 6.45) is 8.07. The molecule has 0 radical (unpaired) electrons. The molecule has 0 spiro atoms. The van der Waals surface area contributed by atoms with Crippen LogP contribution in [0, 0.1) is 11.8 Å². The Kier molecular flexibility index (Phi) is 5.47. The fraction of sp³-hybridized carbons (Fsp3) is 0.800. The number of hydrogen-bond donors (Lipinski definition) is 2. The number of nitrogens with one attached hydrogen (secondary N) is 1. The zero-order valence-electron chi connectivity index (χ0n) is 12.8. The highest BCUT2D eigenvalue weighted by atomic mass is 35.5. The minimum Gasteiger partial charge on any atom is -0.271 e. The summed E-state index contributed by atoms with van der Waals surface area (Å²) in [4.78, 5) is 0. The Labute approximate surface area is 127 Å². The van der Waals surface area contributed by atoms with Crippen LogP contribution in [-0.4, -0.2) is 9.78 Å². The van der Waals surface area contributed by atoms with Crippen molar-refractivity contribution in [3.63, 3.8) is 0 Å². The second-order valence-electron chi connectivity index (χ2n) is 6.26. The lowest BCUT2D eigenvalue weighted by molar-refractivity contribution is 0.202. The van der Waals surface area contributed by atoms with Gasteiger partial charge in [-0.15, -0.1) is 0 Å². The van der Waals surface area contributed by atoms with Gasteiger partial charge in [0.05, 0.1) is 23.0 Å². The summed E-state index contributed by atoms with van der Waals surface area (Å²) >= 11 is 6.37. The second kappa shape index (κ2) is 6.92. The second-order valence-corrected chi connectivity index (χ2v) is 6.67. The lowest BCUT2D eigenvalue weighted by atomic mass is 9.76. The van der Waals surface area contributed by atoms with E-state index in [-0.39, 0.29) is 6.04 Å². The maximum absolute atomic E-state index is 6.37. The van der Waals surface area contributed by atoms with E-state index in [0.717, 1.165) is 16.6 Å². The van der Waals surface area contributed by atoms with Crippen molar-refractivity contribution in [1.82, 2.24) is 15.2 Å². The molecule has 20 heavy (non-hydrogen) atoms. The van der Waals surface area contributed by atoms with Crippen molar-refractivity contribution < 1.29 is 0 Å². The third kappa shape index (κ3) is 3.18. The maximum Gasteiger partial charge on any atom is 0.0834 e. The minimum absolute atomic E-state index is 0.0988. The van der Waals surface area contributed by atoms with Gasteiger partial charge in [0.1, 0.15) is 0 Å². The fourth-order valence-corrected chi connectivity index (χ4v) is 3.75. The average Bonchev–Trinajstić information content (AvgIpc) is 2.82. The van der Waals surface area contributed by atoms with E-state index in [4.69, 9.17) is 17.4 Å². The monoisotopic (exact) mass is 298 g/mol. The van der Waals surface area contributed by atoms with Gasteiger partial charge in [-0.1, -0.05) is 37.8 Å². The maximum atomic E-state index is 6.37. The molecule has 114 valence electrons. The summed E-state index contributed by atoms with van der Waals surface area (Å²) in [6, 6.07) is 0.390. The van der Waals surface area contributed by atoms with Crippen LogP contribution in [0.15, 0.2) is 6.20 Å². The van der Waals surface area contributed by atoms with Crippen molar-refractivity contribution in [2.24, 2.45) is 17.7 Å². The Balaban J connectivity index is 2.25. The molecule has 1 fully saturated rings. The van der Waals surface area contributed by atoms with Crippen LogP contribution in [0.5, 0.6) is 0 Å². The SMILES string of the molecule is CCC1CCCC(C(NN)c2c(Cl)cnn2C(C)C)C1. The molecule has 1 heterocycles. The van der Waals surface area contributed by atoms with Crippen LogP contribution in [0.1, 0.15) is 70.7 Å². The van der Waals surface area contributed by atoms with Crippen molar-refractivity contribution >= 4 is 11.6 Å². The summed E-state index contributed by atoms with van der Waals surface area (Å²) in [5.41, 5.74) is 4.06. The van der Waals surface area contributed by atoms with Gasteiger partial charge >= 0.3 is 0 Å². The molecule has 4 nitrogen and oxygen atoms in total. The molecule has 3 N–H and O–H groups in total. The third-order valence-electron chi connectivity index (χ3n) is 4.62. The molecule has 0 amide bonds. The summed E-state index contributed by atoms with van der Waals surface area (Å²) in [5.74, 6) is 7.23. The van der Waals surface area contributed by atoms with Crippen LogP contribution in [0.4, 0.5) is 0 Å². The Morgan fingerprint density at radius 3 is 2.85 bits per heavy atom. The minimum atomic E-state index is 0.0988. The zero-order valence-corrected chi connectivity index (χ0v) is 13.5. The lowest BCUT2D eigenvalue weighted by Gasteiger charge is -2.34. The van der Waals surface area contributed by atoms with E-state index in [0.29, 0.717) is 12.0 Å². The summed E-state index contributed by atoms with van der Waals surface area (Å²) in [7, 11) is 0. The highest BCUT2D eigenvalue weighted by molar-refractivity contribution is 6.31. The van der Waals surface area contributed by atoms with Crippen molar-refractivity contribution in [3.05, 3.63) is 16.9 Å². The standard InChI is InChI=1S/C15H27ClN4/c1-4-11-6-5-7-12(8-11)14(19-17)15-13(16)9-18-20(15)10(2)3/h9-12,14,19H,4-8,17H2,1-3H3. The van der Waals surface area contributed by atoms with E-state index in [9.17, 15) is 0 Å². The van der Waals surface area contributed by atoms with Gasteiger partial charge in [-0.3, -0.25) is 16.0 Å². The highest BCUT2D eigenvalue weighted by Gasteiger charge is 2.32. The molecule has 0 saturated heterocycles. The molecule has 1 aliphatic carbocycles. The molecule has 1 saturated carbocycles. The first-order valence-electron chi connectivity index (χ1n) is 7.77. The average molecular weight is 299 g/mol. The topological polar surface area (TPSA) is 55.9 Å². The highest BCUT2D eigenvalue weighted by Crippen LogP contribution is 2.40. The summed E-state index contributed by atoms with van der Waals surface area (Å²) < 4.78 is 2.00. The number of rotatable bonds is 5. The molecule has 1 aromatic rings. The van der Waals surface area contributed by atoms with Crippen LogP contribution in [0.2, 0.25) is 5.02 Å². The third-order valence-corrected chi connectivity index (χ3v) is 4.91. The zero-order chi connectivity index (χ0) is 14.7. The molecule has 1 aromatic heterocycles. The van der Waals surface area contributed by atoms with Crippen LogP contribution >= 0.6 is 11.6 Å². The number of hydrazine groups is 1. The Hall–Kier alpha value is -0.580. The van der Waals surface area contributed by atoms with Crippen LogP contribution < -0.4 is 11.3 Å². The van der Waals surface area contributed by atoms with E-state index in [1.807, 2.05) is 4.68 Å². The fourth-order valence-electron chi connectivity index (χ4n) is 3.50. The molecule has 2 rings (SSSR count). The predicted octanol–water partition coefficient (Wildman–Crippen LogP) is 3.84. The predicted molar refractivity (Wildman–Crippen MR) is 83.4 cm³/mol. The number of hydrogen-bond acceptors (Lipinski definition) is 3.